The van der Waals surface area contributed by atoms with E-state index in [2.05, 4.69) is 11.6 Å². The predicted octanol–water partition coefficient (Wildman–Crippen LogP) is 2.80. The number of aliphatic hydroxyl groups is 1. The first-order valence-electron chi connectivity index (χ1n) is 6.75. The summed E-state index contributed by atoms with van der Waals surface area (Å²) in [4.78, 5) is 0. The van der Waals surface area contributed by atoms with Gasteiger partial charge >= 0.3 is 0 Å². The van der Waals surface area contributed by atoms with Crippen LogP contribution in [0.4, 0.5) is 0 Å². The highest BCUT2D eigenvalue weighted by atomic mass is 32.2. The number of rotatable bonds is 7. The fourth-order valence-corrected chi connectivity index (χ4v) is 2.85. The van der Waals surface area contributed by atoms with Gasteiger partial charge in [0.05, 0.1) is 6.10 Å². The highest BCUT2D eigenvalue weighted by molar-refractivity contribution is 7.98. The third kappa shape index (κ3) is 6.12. The second kappa shape index (κ2) is 9.32. The first-order valence-corrected chi connectivity index (χ1v) is 8.14. The number of aliphatic hydroxyl groups excluding tert-OH is 1. The van der Waals surface area contributed by atoms with Gasteiger partial charge in [0.2, 0.25) is 0 Å². The molecule has 0 aromatic heterocycles. The van der Waals surface area contributed by atoms with Gasteiger partial charge in [0.15, 0.2) is 0 Å². The lowest BCUT2D eigenvalue weighted by Gasteiger charge is -2.21. The minimum absolute atomic E-state index is 0.103. The Morgan fingerprint density at radius 1 is 1.12 bits per heavy atom. The number of unbranched alkanes of at least 4 members (excludes halogenated alkanes) is 2. The zero-order chi connectivity index (χ0) is 11.6. The summed E-state index contributed by atoms with van der Waals surface area (Å²) in [6.45, 7) is 1.08. The van der Waals surface area contributed by atoms with Gasteiger partial charge in [0.25, 0.3) is 0 Å². The molecule has 3 heteroatoms. The number of hydrogen-bond acceptors (Lipinski definition) is 3. The summed E-state index contributed by atoms with van der Waals surface area (Å²) in [7, 11) is 0. The van der Waals surface area contributed by atoms with Crippen molar-refractivity contribution in [1.29, 1.82) is 0 Å². The molecule has 1 aliphatic carbocycles. The molecule has 1 saturated carbocycles. The topological polar surface area (TPSA) is 32.3 Å². The van der Waals surface area contributed by atoms with E-state index >= 15 is 0 Å². The van der Waals surface area contributed by atoms with Crippen LogP contribution in [0.2, 0.25) is 0 Å². The summed E-state index contributed by atoms with van der Waals surface area (Å²) in [5.41, 5.74) is 0. The van der Waals surface area contributed by atoms with Crippen LogP contribution < -0.4 is 5.32 Å². The lowest BCUT2D eigenvalue weighted by molar-refractivity contribution is 0.120. The molecule has 1 fully saturated rings. The summed E-state index contributed by atoms with van der Waals surface area (Å²) in [5, 5.41) is 13.5. The summed E-state index contributed by atoms with van der Waals surface area (Å²) in [6.07, 6.45) is 11.9. The molecule has 0 spiro atoms. The lowest BCUT2D eigenvalue weighted by atomic mass is 10.1. The Labute approximate surface area is 105 Å². The van der Waals surface area contributed by atoms with Crippen LogP contribution in [0.1, 0.15) is 51.4 Å². The molecule has 0 aromatic rings. The fraction of sp³-hybridized carbons (Fsp3) is 1.00. The van der Waals surface area contributed by atoms with E-state index in [9.17, 15) is 5.11 Å². The van der Waals surface area contributed by atoms with Crippen molar-refractivity contribution in [3.8, 4) is 0 Å². The largest absolute Gasteiger partial charge is 0.392 e. The molecule has 0 saturated heterocycles. The maximum absolute atomic E-state index is 9.92. The fourth-order valence-electron chi connectivity index (χ4n) is 2.36. The molecule has 2 nitrogen and oxygen atoms in total. The molecule has 96 valence electrons. The molecule has 0 aromatic carbocycles. The maximum Gasteiger partial charge on any atom is 0.0693 e. The van der Waals surface area contributed by atoms with Gasteiger partial charge in [0, 0.05) is 6.04 Å². The minimum Gasteiger partial charge on any atom is -0.392 e. The Bertz CT molecular complexity index is 166. The molecule has 0 amide bonds. The second-order valence-corrected chi connectivity index (χ2v) is 5.81. The summed E-state index contributed by atoms with van der Waals surface area (Å²) >= 11 is 1.93. The highest BCUT2D eigenvalue weighted by Crippen LogP contribution is 2.18. The lowest BCUT2D eigenvalue weighted by Crippen LogP contribution is -2.39. The Kier molecular flexibility index (Phi) is 8.34. The van der Waals surface area contributed by atoms with E-state index in [4.69, 9.17) is 0 Å². The van der Waals surface area contributed by atoms with Crippen LogP contribution in [0.25, 0.3) is 0 Å². The third-order valence-corrected chi connectivity index (χ3v) is 4.11. The van der Waals surface area contributed by atoms with E-state index < -0.39 is 0 Å². The van der Waals surface area contributed by atoms with Crippen LogP contribution in [-0.2, 0) is 0 Å². The zero-order valence-electron chi connectivity index (χ0n) is 10.6. The van der Waals surface area contributed by atoms with Crippen molar-refractivity contribution < 1.29 is 5.11 Å². The van der Waals surface area contributed by atoms with Crippen LogP contribution in [0.15, 0.2) is 0 Å². The van der Waals surface area contributed by atoms with Crippen molar-refractivity contribution >= 4 is 11.8 Å². The third-order valence-electron chi connectivity index (χ3n) is 3.41. The Morgan fingerprint density at radius 3 is 2.75 bits per heavy atom. The monoisotopic (exact) mass is 245 g/mol. The van der Waals surface area contributed by atoms with Gasteiger partial charge in [-0.25, -0.2) is 0 Å². The van der Waals surface area contributed by atoms with Crippen molar-refractivity contribution in [2.75, 3.05) is 18.6 Å². The van der Waals surface area contributed by atoms with E-state index in [0.717, 1.165) is 19.4 Å². The molecule has 0 radical (unpaired) electrons. The van der Waals surface area contributed by atoms with Gasteiger partial charge in [-0.3, -0.25) is 0 Å². The molecular formula is C13H27NOS. The molecule has 2 unspecified atom stereocenters. The normalized spacial score (nSPS) is 26.6. The van der Waals surface area contributed by atoms with Gasteiger partial charge in [-0.15, -0.1) is 0 Å². The Hall–Kier alpha value is 0.270. The van der Waals surface area contributed by atoms with Crippen LogP contribution in [-0.4, -0.2) is 35.8 Å². The van der Waals surface area contributed by atoms with E-state index in [0.29, 0.717) is 6.04 Å². The molecule has 0 heterocycles. The van der Waals surface area contributed by atoms with Crippen LogP contribution >= 0.6 is 11.8 Å². The quantitative estimate of drug-likeness (QED) is 0.534. The van der Waals surface area contributed by atoms with Crippen molar-refractivity contribution in [2.24, 2.45) is 0 Å². The van der Waals surface area contributed by atoms with Crippen LogP contribution in [0, 0.1) is 0 Å². The van der Waals surface area contributed by atoms with Gasteiger partial charge in [0.1, 0.15) is 0 Å². The van der Waals surface area contributed by atoms with E-state index in [1.807, 2.05) is 11.8 Å². The predicted molar refractivity (Wildman–Crippen MR) is 73.1 cm³/mol. The van der Waals surface area contributed by atoms with Crippen molar-refractivity contribution in [1.82, 2.24) is 5.32 Å². The van der Waals surface area contributed by atoms with Crippen molar-refractivity contribution in [2.45, 2.75) is 63.5 Å². The smallest absolute Gasteiger partial charge is 0.0693 e. The average Bonchev–Trinajstić information content (AvgIpc) is 2.49. The van der Waals surface area contributed by atoms with E-state index in [1.54, 1.807) is 0 Å². The molecule has 2 N–H and O–H groups in total. The van der Waals surface area contributed by atoms with Crippen molar-refractivity contribution in [3.63, 3.8) is 0 Å². The molecule has 16 heavy (non-hydrogen) atoms. The number of hydrogen-bond donors (Lipinski definition) is 2. The highest BCUT2D eigenvalue weighted by Gasteiger charge is 2.20. The molecule has 1 rings (SSSR count). The number of thioether (sulfide) groups is 1. The molecule has 1 aliphatic rings. The first-order chi connectivity index (χ1) is 7.84. The summed E-state index contributed by atoms with van der Waals surface area (Å²) in [6, 6.07) is 0.364. The van der Waals surface area contributed by atoms with E-state index in [1.165, 1.54) is 44.3 Å². The van der Waals surface area contributed by atoms with Gasteiger partial charge in [-0.1, -0.05) is 25.7 Å². The van der Waals surface area contributed by atoms with Gasteiger partial charge in [-0.05, 0) is 44.2 Å². The molecular weight excluding hydrogens is 218 g/mol. The van der Waals surface area contributed by atoms with Crippen LogP contribution in [0.5, 0.6) is 0 Å². The average molecular weight is 245 g/mol. The summed E-state index contributed by atoms with van der Waals surface area (Å²) < 4.78 is 0. The molecule has 2 atom stereocenters. The van der Waals surface area contributed by atoms with E-state index in [-0.39, 0.29) is 6.10 Å². The Morgan fingerprint density at radius 2 is 1.94 bits per heavy atom. The molecule has 0 aliphatic heterocycles. The SMILES string of the molecule is CSCCCCCNC1CCCCCC1O. The van der Waals surface area contributed by atoms with Gasteiger partial charge < -0.3 is 10.4 Å². The van der Waals surface area contributed by atoms with Crippen molar-refractivity contribution in [3.05, 3.63) is 0 Å². The maximum atomic E-state index is 9.92. The number of nitrogens with one attached hydrogen (secondary N) is 1. The first kappa shape index (κ1) is 14.3. The minimum atomic E-state index is -0.103. The standard InChI is InChI=1S/C13H27NOS/c1-16-11-7-3-6-10-14-12-8-4-2-5-9-13(12)15/h12-15H,2-11H2,1H3. The summed E-state index contributed by atoms with van der Waals surface area (Å²) in [5.74, 6) is 1.28. The van der Waals surface area contributed by atoms with Gasteiger partial charge in [-0.2, -0.15) is 11.8 Å². The Balaban J connectivity index is 2.01. The zero-order valence-corrected chi connectivity index (χ0v) is 11.4. The molecule has 0 bridgehead atoms. The van der Waals surface area contributed by atoms with Crippen LogP contribution in [0.3, 0.4) is 0 Å². The second-order valence-electron chi connectivity index (χ2n) is 4.82.